The second-order valence-electron chi connectivity index (χ2n) is 4.20. The number of rotatable bonds is 5. The van der Waals surface area contributed by atoms with Crippen LogP contribution in [-0.2, 0) is 0 Å². The molecule has 0 bridgehead atoms. The fourth-order valence-corrected chi connectivity index (χ4v) is 2.14. The molecule has 0 heterocycles. The van der Waals surface area contributed by atoms with E-state index in [1.54, 1.807) is 18.2 Å². The Hall–Kier alpha value is -1.02. The highest BCUT2D eigenvalue weighted by atomic mass is 16.3. The second-order valence-corrected chi connectivity index (χ2v) is 4.20. The number of aromatic hydroxyl groups is 1. The minimum Gasteiger partial charge on any atom is -0.508 e. The topological polar surface area (TPSA) is 23.5 Å². The van der Waals surface area contributed by atoms with Crippen LogP contribution in [0, 0.1) is 5.92 Å². The first kappa shape index (κ1) is 6.65. The molecule has 0 unspecified atom stereocenters. The maximum absolute atomic E-state index is 9.59. The zero-order chi connectivity index (χ0) is 17.1. The highest BCUT2D eigenvalue weighted by Crippen LogP contribution is 2.30. The molecule has 0 saturated heterocycles. The molecule has 0 aliphatic heterocycles. The molecule has 16 heavy (non-hydrogen) atoms. The van der Waals surface area contributed by atoms with Crippen LogP contribution in [0.2, 0.25) is 0 Å². The Labute approximate surface area is 107 Å². The van der Waals surface area contributed by atoms with Gasteiger partial charge >= 0.3 is 0 Å². The van der Waals surface area contributed by atoms with Crippen LogP contribution in [0.4, 0.5) is 0 Å². The van der Waals surface area contributed by atoms with Gasteiger partial charge in [-0.25, -0.2) is 0 Å². The summed E-state index contributed by atoms with van der Waals surface area (Å²) in [4.78, 5) is 0.593. The molecule has 0 amide bonds. The van der Waals surface area contributed by atoms with Crippen molar-refractivity contribution in [1.29, 1.82) is 0 Å². The van der Waals surface area contributed by atoms with Gasteiger partial charge in [-0.15, -0.1) is 0 Å². The molecule has 0 aliphatic carbocycles. The maximum Gasteiger partial charge on any atom is 0.115 e. The van der Waals surface area contributed by atoms with E-state index < -0.39 is 14.0 Å². The van der Waals surface area contributed by atoms with Gasteiger partial charge in [-0.3, -0.25) is 0 Å². The molecule has 0 fully saturated rings. The van der Waals surface area contributed by atoms with Gasteiger partial charge in [-0.2, -0.15) is 0 Å². The monoisotopic (exact) mass is 227 g/mol. The van der Waals surface area contributed by atoms with Crippen molar-refractivity contribution in [3.63, 3.8) is 0 Å². The van der Waals surface area contributed by atoms with Gasteiger partial charge in [-0.1, -0.05) is 26.0 Å². The van der Waals surface area contributed by atoms with Gasteiger partial charge in [0.2, 0.25) is 0 Å². The summed E-state index contributed by atoms with van der Waals surface area (Å²) < 4.78 is 44.6. The number of hydrogen-bond donors (Lipinski definition) is 1. The molecule has 0 spiro atoms. The van der Waals surface area contributed by atoms with E-state index in [9.17, 15) is 5.11 Å². The van der Waals surface area contributed by atoms with E-state index in [1.165, 1.54) is 0 Å². The quantitative estimate of drug-likeness (QED) is 0.835. The van der Waals surface area contributed by atoms with E-state index in [1.807, 2.05) is 19.9 Å². The third-order valence-electron chi connectivity index (χ3n) is 2.90. The van der Waals surface area contributed by atoms with Gasteiger partial charge in [0, 0.05) is 14.8 Å². The molecule has 0 aliphatic rings. The lowest BCUT2D eigenvalue weighted by atomic mass is 9.85. The summed E-state index contributed by atoms with van der Waals surface area (Å²) in [5, 5.41) is 9.59. The van der Waals surface area contributed by atoms with Crippen LogP contribution in [0.3, 0.4) is 0 Å². The number of hydrogen-bond acceptors (Lipinski definition) is 2. The summed E-state index contributed by atoms with van der Waals surface area (Å²) in [5.41, 5.74) is 0.881. The Morgan fingerprint density at radius 1 is 1.44 bits per heavy atom. The Morgan fingerprint density at radius 3 is 2.75 bits per heavy atom. The number of phenolic OH excluding ortho intramolecular Hbond substituents is 1. The van der Waals surface area contributed by atoms with Crippen LogP contribution in [0.5, 0.6) is 5.75 Å². The van der Waals surface area contributed by atoms with E-state index in [0.717, 1.165) is 12.0 Å². The van der Waals surface area contributed by atoms with Crippen molar-refractivity contribution >= 4 is 0 Å². The molecule has 1 N–H and O–H groups in total. The summed E-state index contributed by atoms with van der Waals surface area (Å²) in [6.07, 6.45) is 0.723. The van der Waals surface area contributed by atoms with E-state index >= 15 is 0 Å². The first-order valence-corrected chi connectivity index (χ1v) is 5.53. The molecule has 1 rings (SSSR count). The van der Waals surface area contributed by atoms with Gasteiger partial charge in [0.05, 0.1) is 0 Å². The standard InChI is InChI=1S/C14H23NO/c1-5-14(11(2)10-15(3)4)12-7-6-8-13(16)9-12/h6-9,11,14,16H,5,10H2,1-4H3/t11-,14-/m0/s1/i3D3,4D3. The van der Waals surface area contributed by atoms with Crippen molar-refractivity contribution in [1.82, 2.24) is 4.90 Å². The molecule has 2 heteroatoms. The van der Waals surface area contributed by atoms with Gasteiger partial charge in [-0.05, 0) is 49.9 Å². The molecule has 90 valence electrons. The van der Waals surface area contributed by atoms with E-state index in [2.05, 4.69) is 0 Å². The van der Waals surface area contributed by atoms with Crippen LogP contribution in [0.15, 0.2) is 24.3 Å². The van der Waals surface area contributed by atoms with E-state index in [4.69, 9.17) is 8.22 Å². The van der Waals surface area contributed by atoms with Crippen molar-refractivity contribution in [2.24, 2.45) is 5.92 Å². The molecule has 2 nitrogen and oxygen atoms in total. The van der Waals surface area contributed by atoms with Gasteiger partial charge in [0.1, 0.15) is 5.75 Å². The minimum atomic E-state index is -2.67. The van der Waals surface area contributed by atoms with Crippen LogP contribution >= 0.6 is 0 Å². The molecule has 2 atom stereocenters. The number of phenols is 1. The summed E-state index contributed by atoms with van der Waals surface area (Å²) in [6, 6.07) is 6.79. The zero-order valence-corrected chi connectivity index (χ0v) is 9.77. The van der Waals surface area contributed by atoms with E-state index in [0.29, 0.717) is 4.90 Å². The van der Waals surface area contributed by atoms with Crippen molar-refractivity contribution in [3.05, 3.63) is 29.8 Å². The number of nitrogens with zero attached hydrogens (tertiary/aromatic N) is 1. The van der Waals surface area contributed by atoms with Crippen LogP contribution in [0.1, 0.15) is 40.0 Å². The van der Waals surface area contributed by atoms with Crippen molar-refractivity contribution in [2.75, 3.05) is 20.5 Å². The third kappa shape index (κ3) is 3.53. The van der Waals surface area contributed by atoms with Gasteiger partial charge in [0.15, 0.2) is 0 Å². The average Bonchev–Trinajstić information content (AvgIpc) is 2.34. The lowest BCUT2D eigenvalue weighted by Crippen LogP contribution is -2.24. The summed E-state index contributed by atoms with van der Waals surface area (Å²) in [6.45, 7) is -1.61. The third-order valence-corrected chi connectivity index (χ3v) is 2.90. The van der Waals surface area contributed by atoms with Gasteiger partial charge < -0.3 is 10.0 Å². The summed E-state index contributed by atoms with van der Waals surface area (Å²) in [5.74, 6) is -0.0707. The van der Waals surface area contributed by atoms with Crippen molar-refractivity contribution in [3.8, 4) is 5.75 Å². The number of benzene rings is 1. The van der Waals surface area contributed by atoms with Crippen molar-refractivity contribution in [2.45, 2.75) is 26.2 Å². The largest absolute Gasteiger partial charge is 0.508 e. The smallest absolute Gasteiger partial charge is 0.115 e. The average molecular weight is 227 g/mol. The summed E-state index contributed by atoms with van der Waals surface area (Å²) >= 11 is 0. The zero-order valence-electron chi connectivity index (χ0n) is 15.8. The van der Waals surface area contributed by atoms with Crippen LogP contribution < -0.4 is 0 Å². The molecule has 0 radical (unpaired) electrons. The lowest BCUT2D eigenvalue weighted by molar-refractivity contribution is 0.301. The lowest BCUT2D eigenvalue weighted by Gasteiger charge is -2.26. The predicted octanol–water partition coefficient (Wildman–Crippen LogP) is 3.08. The molecule has 0 saturated carbocycles. The van der Waals surface area contributed by atoms with Gasteiger partial charge in [0.25, 0.3) is 0 Å². The van der Waals surface area contributed by atoms with Crippen molar-refractivity contribution < 1.29 is 13.3 Å². The highest BCUT2D eigenvalue weighted by Gasteiger charge is 2.18. The van der Waals surface area contributed by atoms with Crippen LogP contribution in [-0.4, -0.2) is 30.5 Å². The Balaban J connectivity index is 2.99. The predicted molar refractivity (Wildman–Crippen MR) is 68.9 cm³/mol. The maximum atomic E-state index is 9.59. The molecular formula is C14H23NO. The SMILES string of the molecule is [2H]C([2H])([2H])N(C[C@H](C)[C@H](CC)c1cccc(O)c1)C([2H])([2H])[2H]. The first-order chi connectivity index (χ1) is 9.96. The normalized spacial score (nSPS) is 22.2. The molecule has 0 aromatic heterocycles. The van der Waals surface area contributed by atoms with E-state index in [-0.39, 0.29) is 24.1 Å². The Bertz CT molecular complexity index is 471. The molecule has 1 aromatic rings. The first-order valence-electron chi connectivity index (χ1n) is 8.53. The Morgan fingerprint density at radius 2 is 2.19 bits per heavy atom. The second kappa shape index (κ2) is 5.90. The summed E-state index contributed by atoms with van der Waals surface area (Å²) in [7, 11) is 0. The molecule has 1 aromatic carbocycles. The fraction of sp³-hybridized carbons (Fsp3) is 0.571. The van der Waals surface area contributed by atoms with Crippen LogP contribution in [0.25, 0.3) is 0 Å². The Kier molecular flexibility index (Phi) is 2.45. The highest BCUT2D eigenvalue weighted by molar-refractivity contribution is 5.30. The molecular weight excluding hydrogens is 198 g/mol. The minimum absolute atomic E-state index is 0.0284. The fourth-order valence-electron chi connectivity index (χ4n) is 2.14.